The van der Waals surface area contributed by atoms with E-state index in [4.69, 9.17) is 0 Å². The average Bonchev–Trinajstić information content (AvgIpc) is 1.88. The van der Waals surface area contributed by atoms with Crippen LogP contribution in [0.5, 0.6) is 0 Å². The molecule has 1 aliphatic heterocycles. The van der Waals surface area contributed by atoms with Crippen LogP contribution in [0.1, 0.15) is 0 Å². The first-order valence-electron chi connectivity index (χ1n) is 2.61. The number of carbonyl (C=O) groups excluding carboxylic acids is 2. The molecule has 0 saturated carbocycles. The van der Waals surface area contributed by atoms with Gasteiger partial charge in [-0.3, -0.25) is 9.59 Å². The minimum atomic E-state index is 0.0598. The Morgan fingerprint density at radius 3 is 2.89 bits per heavy atom. The summed E-state index contributed by atoms with van der Waals surface area (Å²) in [5.74, 6) is 0.716. The summed E-state index contributed by atoms with van der Waals surface area (Å²) in [7, 11) is 0. The van der Waals surface area contributed by atoms with E-state index < -0.39 is 0 Å². The Labute approximate surface area is 57.4 Å². The van der Waals surface area contributed by atoms with Gasteiger partial charge in [-0.05, 0) is 0 Å². The van der Waals surface area contributed by atoms with Crippen molar-refractivity contribution in [2.75, 3.05) is 18.8 Å². The molecule has 49 valence electrons. The van der Waals surface area contributed by atoms with Crippen LogP contribution in [0.25, 0.3) is 0 Å². The fraction of sp³-hybridized carbons (Fsp3) is 0.600. The van der Waals surface area contributed by atoms with E-state index in [9.17, 15) is 9.59 Å². The third-order valence-electron chi connectivity index (χ3n) is 1.07. The predicted molar refractivity (Wildman–Crippen MR) is 34.7 cm³/mol. The lowest BCUT2D eigenvalue weighted by molar-refractivity contribution is -0.111. The number of hydrogen-bond acceptors (Lipinski definition) is 3. The predicted octanol–water partition coefficient (Wildman–Crippen LogP) is -0.371. The Bertz CT molecular complexity index is 137. The van der Waals surface area contributed by atoms with Crippen molar-refractivity contribution in [2.45, 2.75) is 0 Å². The maximum atomic E-state index is 10.6. The molecule has 0 aromatic heterocycles. The first kappa shape index (κ1) is 6.61. The molecule has 1 saturated heterocycles. The monoisotopic (exact) mass is 144 g/mol. The maximum absolute atomic E-state index is 10.6. The summed E-state index contributed by atoms with van der Waals surface area (Å²) in [6.45, 7) is 0.883. The van der Waals surface area contributed by atoms with Crippen LogP contribution in [0.15, 0.2) is 0 Å². The van der Waals surface area contributed by atoms with Gasteiger partial charge in [-0.25, -0.2) is 0 Å². The minimum absolute atomic E-state index is 0.0598. The van der Waals surface area contributed by atoms with E-state index in [2.05, 4.69) is 0 Å². The van der Waals surface area contributed by atoms with Gasteiger partial charge in [0, 0.05) is 12.3 Å². The molecule has 0 aromatic carbocycles. The highest BCUT2D eigenvalue weighted by Crippen LogP contribution is 2.08. The van der Waals surface area contributed by atoms with Crippen molar-refractivity contribution in [3.8, 4) is 0 Å². The Balaban J connectivity index is 2.40. The molecule has 0 spiro atoms. The normalized spacial score (nSPS) is 20.0. The quantitative estimate of drug-likeness (QED) is 0.504. The van der Waals surface area contributed by atoms with Crippen LogP contribution < -0.4 is 0 Å². The number of nitrogens with zero attached hydrogens (tertiary/aromatic N) is 1. The zero-order valence-corrected chi connectivity index (χ0v) is 5.61. The van der Waals surface area contributed by atoms with Crippen LogP contribution in [0.3, 0.4) is 0 Å². The summed E-state index contributed by atoms with van der Waals surface area (Å²) in [6.07, 6.45) is 1.68. The van der Waals surface area contributed by atoms with Gasteiger partial charge in [0.15, 0.2) is 0 Å². The first-order chi connectivity index (χ1) is 4.33. The molecule has 0 atom stereocenters. The van der Waals surface area contributed by atoms with Gasteiger partial charge in [-0.1, -0.05) is 11.8 Å². The minimum Gasteiger partial charge on any atom is -0.325 e. The number of amides is 1. The molecule has 1 aliphatic rings. The second kappa shape index (κ2) is 2.87. The van der Waals surface area contributed by atoms with E-state index in [-0.39, 0.29) is 11.7 Å². The standard InChI is InChI=1S/C5H6NO2S/c7-4-6-1-2-9-5(8)3-6/h1-3H2. The van der Waals surface area contributed by atoms with E-state index in [0.29, 0.717) is 12.3 Å². The number of thioether (sulfide) groups is 1. The molecular weight excluding hydrogens is 138 g/mol. The Kier molecular flexibility index (Phi) is 2.10. The summed E-state index contributed by atoms with van der Waals surface area (Å²) >= 11 is 1.28. The molecule has 0 N–H and O–H groups in total. The lowest BCUT2D eigenvalue weighted by atomic mass is 10.5. The lowest BCUT2D eigenvalue weighted by Gasteiger charge is -2.18. The molecule has 1 radical (unpaired) electrons. The Morgan fingerprint density at radius 1 is 1.67 bits per heavy atom. The second-order valence-electron chi connectivity index (χ2n) is 1.73. The molecule has 3 nitrogen and oxygen atoms in total. The van der Waals surface area contributed by atoms with E-state index >= 15 is 0 Å². The van der Waals surface area contributed by atoms with Crippen LogP contribution in [0.2, 0.25) is 0 Å². The van der Waals surface area contributed by atoms with Gasteiger partial charge in [0.1, 0.15) is 0 Å². The summed E-state index contributed by atoms with van der Waals surface area (Å²) < 4.78 is 0. The van der Waals surface area contributed by atoms with E-state index in [1.165, 1.54) is 16.7 Å². The smallest absolute Gasteiger partial charge is 0.312 e. The largest absolute Gasteiger partial charge is 0.325 e. The van der Waals surface area contributed by atoms with Crippen molar-refractivity contribution in [3.63, 3.8) is 0 Å². The van der Waals surface area contributed by atoms with Gasteiger partial charge < -0.3 is 4.90 Å². The van der Waals surface area contributed by atoms with Crippen molar-refractivity contribution >= 4 is 23.3 Å². The van der Waals surface area contributed by atoms with Crippen LogP contribution in [-0.2, 0) is 9.59 Å². The summed E-state index contributed by atoms with van der Waals surface area (Å²) in [5.41, 5.74) is 0. The highest BCUT2D eigenvalue weighted by Gasteiger charge is 2.15. The molecule has 0 aliphatic carbocycles. The third kappa shape index (κ3) is 1.71. The fourth-order valence-electron chi connectivity index (χ4n) is 0.628. The molecule has 1 amide bonds. The van der Waals surface area contributed by atoms with Gasteiger partial charge in [-0.15, -0.1) is 0 Å². The van der Waals surface area contributed by atoms with Gasteiger partial charge in [0.2, 0.25) is 5.12 Å². The summed E-state index contributed by atoms with van der Waals surface area (Å²) in [4.78, 5) is 21.9. The molecule has 1 fully saturated rings. The van der Waals surface area contributed by atoms with Crippen LogP contribution >= 0.6 is 11.8 Å². The van der Waals surface area contributed by atoms with Crippen molar-refractivity contribution < 1.29 is 9.59 Å². The zero-order chi connectivity index (χ0) is 6.69. The maximum Gasteiger partial charge on any atom is 0.312 e. The molecule has 1 rings (SSSR count). The van der Waals surface area contributed by atoms with Crippen molar-refractivity contribution in [3.05, 3.63) is 0 Å². The molecule has 0 aromatic rings. The van der Waals surface area contributed by atoms with Crippen LogP contribution in [-0.4, -0.2) is 35.3 Å². The zero-order valence-electron chi connectivity index (χ0n) is 4.79. The third-order valence-corrected chi connectivity index (χ3v) is 1.91. The highest BCUT2D eigenvalue weighted by molar-refractivity contribution is 8.13. The van der Waals surface area contributed by atoms with E-state index in [1.807, 2.05) is 0 Å². The SMILES string of the molecule is O=[C]N1CCSC(=O)C1. The van der Waals surface area contributed by atoms with Gasteiger partial charge in [0.05, 0.1) is 6.54 Å². The Hall–Kier alpha value is -0.510. The summed E-state index contributed by atoms with van der Waals surface area (Å²) in [5, 5.41) is 0.0598. The molecule has 4 heteroatoms. The molecule has 0 unspecified atom stereocenters. The summed E-state index contributed by atoms with van der Waals surface area (Å²) in [6, 6.07) is 0. The van der Waals surface area contributed by atoms with Crippen LogP contribution in [0, 0.1) is 0 Å². The van der Waals surface area contributed by atoms with Crippen molar-refractivity contribution in [1.82, 2.24) is 4.90 Å². The first-order valence-corrected chi connectivity index (χ1v) is 3.60. The average molecular weight is 144 g/mol. The van der Waals surface area contributed by atoms with E-state index in [1.54, 1.807) is 6.41 Å². The topological polar surface area (TPSA) is 37.4 Å². The number of rotatable bonds is 1. The highest BCUT2D eigenvalue weighted by atomic mass is 32.2. The molecule has 9 heavy (non-hydrogen) atoms. The Morgan fingerprint density at radius 2 is 2.44 bits per heavy atom. The van der Waals surface area contributed by atoms with Gasteiger partial charge in [0.25, 0.3) is 0 Å². The van der Waals surface area contributed by atoms with Gasteiger partial charge >= 0.3 is 6.41 Å². The number of carbonyl (C=O) groups is 1. The lowest BCUT2D eigenvalue weighted by Crippen LogP contribution is -2.33. The van der Waals surface area contributed by atoms with Crippen LogP contribution in [0.4, 0.5) is 0 Å². The van der Waals surface area contributed by atoms with Crippen molar-refractivity contribution in [1.29, 1.82) is 0 Å². The molecular formula is C5H6NO2S. The fourth-order valence-corrected chi connectivity index (χ4v) is 1.41. The van der Waals surface area contributed by atoms with Crippen molar-refractivity contribution in [2.24, 2.45) is 0 Å². The number of hydrogen-bond donors (Lipinski definition) is 0. The van der Waals surface area contributed by atoms with E-state index in [0.717, 1.165) is 0 Å². The molecule has 1 heterocycles. The molecule has 0 bridgehead atoms. The van der Waals surface area contributed by atoms with Gasteiger partial charge in [-0.2, -0.15) is 0 Å². The second-order valence-corrected chi connectivity index (χ2v) is 2.89.